The molecule has 1 fully saturated rings. The summed E-state index contributed by atoms with van der Waals surface area (Å²) in [5, 5.41) is 0. The van der Waals surface area contributed by atoms with Crippen molar-refractivity contribution in [2.45, 2.75) is 24.0 Å². The molecule has 2 heterocycles. The van der Waals surface area contributed by atoms with Gasteiger partial charge in [0.15, 0.2) is 12.0 Å². The van der Waals surface area contributed by atoms with Crippen LogP contribution in [0.1, 0.15) is 28.8 Å². The van der Waals surface area contributed by atoms with Gasteiger partial charge >= 0.3 is 5.51 Å². The van der Waals surface area contributed by atoms with Crippen LogP contribution in [0, 0.1) is 0 Å². The number of fused-ring (bicyclic) bond motifs is 1. The highest BCUT2D eigenvalue weighted by molar-refractivity contribution is 7.95. The number of carbonyl (C=O) groups is 1. The van der Waals surface area contributed by atoms with Crippen molar-refractivity contribution < 1.29 is 26.9 Å². The molecular formula is C18H21F3N2O3S. The van der Waals surface area contributed by atoms with Gasteiger partial charge in [0.2, 0.25) is 0 Å². The monoisotopic (exact) mass is 402 g/mol. The first-order chi connectivity index (χ1) is 12.6. The molecule has 3 rings (SSSR count). The lowest BCUT2D eigenvalue weighted by molar-refractivity contribution is -0.0377. The second kappa shape index (κ2) is 7.27. The van der Waals surface area contributed by atoms with Crippen LogP contribution in [0.4, 0.5) is 13.2 Å². The van der Waals surface area contributed by atoms with E-state index in [0.29, 0.717) is 18.6 Å². The van der Waals surface area contributed by atoms with Gasteiger partial charge < -0.3 is 18.7 Å². The second-order valence-electron chi connectivity index (χ2n) is 6.97. The van der Waals surface area contributed by atoms with Crippen molar-refractivity contribution in [3.63, 3.8) is 0 Å². The molecule has 0 unspecified atom stereocenters. The molecule has 1 saturated heterocycles. The van der Waals surface area contributed by atoms with Gasteiger partial charge in [-0.05, 0) is 19.2 Å². The van der Waals surface area contributed by atoms with Crippen molar-refractivity contribution in [3.8, 4) is 5.75 Å². The zero-order chi connectivity index (χ0) is 19.8. The number of carbonyl (C=O) groups excluding carboxylic acids is 1. The van der Waals surface area contributed by atoms with Crippen LogP contribution in [-0.4, -0.2) is 61.0 Å². The molecule has 2 aliphatic rings. The fraction of sp³-hybridized carbons (Fsp3) is 0.500. The molecule has 148 valence electrons. The number of benzene rings is 1. The van der Waals surface area contributed by atoms with Crippen molar-refractivity contribution in [1.29, 1.82) is 0 Å². The number of piperidine rings is 1. The summed E-state index contributed by atoms with van der Waals surface area (Å²) in [5.74, 6) is 0.0581. The predicted molar refractivity (Wildman–Crippen MR) is 97.3 cm³/mol. The minimum atomic E-state index is -4.56. The Labute approximate surface area is 160 Å². The molecule has 5 nitrogen and oxygen atoms in total. The first-order valence-electron chi connectivity index (χ1n) is 8.48. The third-order valence-corrected chi connectivity index (χ3v) is 5.13. The molecule has 2 aliphatic heterocycles. The van der Waals surface area contributed by atoms with E-state index in [4.69, 9.17) is 8.92 Å². The van der Waals surface area contributed by atoms with Crippen LogP contribution in [0.5, 0.6) is 5.75 Å². The molecule has 0 aliphatic carbocycles. The van der Waals surface area contributed by atoms with E-state index < -0.39 is 23.2 Å². The molecule has 0 radical (unpaired) electrons. The Morgan fingerprint density at radius 2 is 1.96 bits per heavy atom. The van der Waals surface area contributed by atoms with Gasteiger partial charge in [-0.2, -0.15) is 13.2 Å². The number of halogens is 3. The maximum absolute atomic E-state index is 12.8. The number of amides is 1. The van der Waals surface area contributed by atoms with Crippen LogP contribution in [-0.2, 0) is 4.18 Å². The van der Waals surface area contributed by atoms with Gasteiger partial charge in [0.25, 0.3) is 5.91 Å². The number of nitrogens with zero attached hydrogens (tertiary/aromatic N) is 2. The first-order valence-corrected chi connectivity index (χ1v) is 9.22. The summed E-state index contributed by atoms with van der Waals surface area (Å²) in [7, 11) is 5.15. The molecular weight excluding hydrogens is 381 g/mol. The molecule has 1 aromatic rings. The zero-order valence-corrected chi connectivity index (χ0v) is 16.1. The third kappa shape index (κ3) is 4.35. The van der Waals surface area contributed by atoms with E-state index >= 15 is 0 Å². The van der Waals surface area contributed by atoms with Crippen LogP contribution in [0.15, 0.2) is 24.3 Å². The minimum absolute atomic E-state index is 0.0222. The number of hydrogen-bond acceptors (Lipinski definition) is 5. The van der Waals surface area contributed by atoms with Crippen molar-refractivity contribution in [2.24, 2.45) is 0 Å². The number of likely N-dealkylation sites (tertiary alicyclic amines) is 1. The highest BCUT2D eigenvalue weighted by Gasteiger charge is 2.41. The van der Waals surface area contributed by atoms with E-state index in [9.17, 15) is 18.0 Å². The molecule has 0 atom stereocenters. The lowest BCUT2D eigenvalue weighted by atomic mass is 9.86. The van der Waals surface area contributed by atoms with Crippen LogP contribution in [0.2, 0.25) is 0 Å². The Bertz CT molecular complexity index is 757. The molecule has 0 bridgehead atoms. The second-order valence-corrected chi connectivity index (χ2v) is 7.77. The lowest BCUT2D eigenvalue weighted by Crippen LogP contribution is -2.47. The number of rotatable bonds is 3. The normalized spacial score (nSPS) is 19.1. The lowest BCUT2D eigenvalue weighted by Gasteiger charge is -2.42. The Morgan fingerprint density at radius 3 is 2.56 bits per heavy atom. The van der Waals surface area contributed by atoms with Crippen LogP contribution in [0.3, 0.4) is 0 Å². The molecule has 0 aromatic heterocycles. The van der Waals surface area contributed by atoms with E-state index in [1.54, 1.807) is 38.4 Å². The maximum Gasteiger partial charge on any atom is 0.479 e. The Hall–Kier alpha value is -1.87. The summed E-state index contributed by atoms with van der Waals surface area (Å²) < 4.78 is 49.6. The summed E-state index contributed by atoms with van der Waals surface area (Å²) in [6.07, 6.45) is 2.85. The van der Waals surface area contributed by atoms with Gasteiger partial charge in [0.05, 0.1) is 11.1 Å². The van der Waals surface area contributed by atoms with Crippen molar-refractivity contribution in [3.05, 3.63) is 35.4 Å². The quantitative estimate of drug-likeness (QED) is 0.720. The van der Waals surface area contributed by atoms with Gasteiger partial charge in [-0.1, -0.05) is 6.07 Å². The first kappa shape index (κ1) is 19.9. The minimum Gasteiger partial charge on any atom is -0.482 e. The van der Waals surface area contributed by atoms with E-state index in [1.165, 1.54) is 4.90 Å². The van der Waals surface area contributed by atoms with E-state index in [1.807, 2.05) is 7.05 Å². The largest absolute Gasteiger partial charge is 0.482 e. The number of alkyl halides is 3. The highest BCUT2D eigenvalue weighted by atomic mass is 32.2. The molecule has 1 spiro atoms. The fourth-order valence-corrected chi connectivity index (χ4v) is 3.57. The highest BCUT2D eigenvalue weighted by Crippen LogP contribution is 2.46. The Morgan fingerprint density at radius 1 is 1.30 bits per heavy atom. The molecule has 0 saturated carbocycles. The van der Waals surface area contributed by atoms with Gasteiger partial charge in [0, 0.05) is 46.1 Å². The molecule has 0 N–H and O–H groups in total. The summed E-state index contributed by atoms with van der Waals surface area (Å²) >= 11 is -0.579. The van der Waals surface area contributed by atoms with Crippen molar-refractivity contribution >= 4 is 23.7 Å². The van der Waals surface area contributed by atoms with Crippen LogP contribution < -0.4 is 4.74 Å². The van der Waals surface area contributed by atoms with Gasteiger partial charge in [-0.3, -0.25) is 4.79 Å². The van der Waals surface area contributed by atoms with Gasteiger partial charge in [0.1, 0.15) is 17.1 Å². The third-order valence-electron chi connectivity index (χ3n) is 4.68. The molecule has 1 amide bonds. The van der Waals surface area contributed by atoms with Crippen molar-refractivity contribution in [2.75, 3.05) is 34.2 Å². The summed E-state index contributed by atoms with van der Waals surface area (Å²) in [5.41, 5.74) is -4.78. The van der Waals surface area contributed by atoms with Crippen LogP contribution in [0.25, 0.3) is 5.76 Å². The van der Waals surface area contributed by atoms with Gasteiger partial charge in [-0.15, -0.1) is 0 Å². The molecule has 27 heavy (non-hydrogen) atoms. The number of hydrogen-bond donors (Lipinski definition) is 0. The average Bonchev–Trinajstić information content (AvgIpc) is 2.60. The predicted octanol–water partition coefficient (Wildman–Crippen LogP) is 3.77. The molecule has 9 heteroatoms. The average molecular weight is 402 g/mol. The van der Waals surface area contributed by atoms with Crippen molar-refractivity contribution in [1.82, 2.24) is 9.80 Å². The van der Waals surface area contributed by atoms with E-state index in [0.717, 1.165) is 13.1 Å². The van der Waals surface area contributed by atoms with E-state index in [-0.39, 0.29) is 22.8 Å². The SMILES string of the molecule is CN1CCC2(C=C(OSC(F)(F)F)c3c(cccc3C(=O)N(C)C)O2)CC1. The summed E-state index contributed by atoms with van der Waals surface area (Å²) in [6, 6.07) is 4.89. The Kier molecular flexibility index (Phi) is 5.36. The molecule has 1 aromatic carbocycles. The topological polar surface area (TPSA) is 42.0 Å². The fourth-order valence-electron chi connectivity index (χ4n) is 3.25. The maximum atomic E-state index is 12.8. The smallest absolute Gasteiger partial charge is 0.479 e. The summed E-state index contributed by atoms with van der Waals surface area (Å²) in [4.78, 5) is 16.0. The Balaban J connectivity index is 2.05. The summed E-state index contributed by atoms with van der Waals surface area (Å²) in [6.45, 7) is 1.50. The zero-order valence-electron chi connectivity index (χ0n) is 15.3. The standard InChI is InChI=1S/C18H21F3N2O3S/c1-22(2)16(24)12-5-4-6-13-15(12)14(26-27-18(19,20)21)11-17(25-13)7-9-23(3)10-8-17/h4-6,11H,7-10H2,1-3H3. The van der Waals surface area contributed by atoms with E-state index in [2.05, 4.69) is 4.90 Å². The van der Waals surface area contributed by atoms with Crippen LogP contribution >= 0.6 is 12.0 Å². The van der Waals surface area contributed by atoms with Gasteiger partial charge in [-0.25, -0.2) is 0 Å². The number of ether oxygens (including phenoxy) is 1.